The topological polar surface area (TPSA) is 105 Å². The van der Waals surface area contributed by atoms with Crippen LogP contribution in [0, 0.1) is 13.8 Å². The number of aryl methyl sites for hydroxylation is 2. The molecule has 2 N–H and O–H groups in total. The summed E-state index contributed by atoms with van der Waals surface area (Å²) in [5, 5.41) is 7.93. The molecular formula is C47H67N3O5. The zero-order valence-electron chi connectivity index (χ0n) is 34.7. The first-order valence-electron chi connectivity index (χ1n) is 21.2. The van der Waals surface area contributed by atoms with E-state index in [-0.39, 0.29) is 30.1 Å². The average molecular weight is 754 g/mol. The molecule has 0 aliphatic carbocycles. The van der Waals surface area contributed by atoms with Crippen LogP contribution >= 0.6 is 0 Å². The van der Waals surface area contributed by atoms with Crippen molar-refractivity contribution >= 4 is 40.2 Å². The van der Waals surface area contributed by atoms with Crippen molar-refractivity contribution in [1.29, 1.82) is 0 Å². The van der Waals surface area contributed by atoms with E-state index in [1.165, 1.54) is 69.1 Å². The Bertz CT molecular complexity index is 1740. The Morgan fingerprint density at radius 1 is 0.727 bits per heavy atom. The number of hydrogen-bond donors (Lipinski definition) is 2. The van der Waals surface area contributed by atoms with Crippen LogP contribution in [0.4, 0.5) is 5.69 Å². The largest absolute Gasteiger partial charge is 0.426 e. The highest BCUT2D eigenvalue weighted by Crippen LogP contribution is 2.38. The molecular weight excluding hydrogens is 687 g/mol. The Morgan fingerprint density at radius 2 is 1.33 bits per heavy atom. The van der Waals surface area contributed by atoms with Crippen LogP contribution in [0.25, 0.3) is 10.8 Å². The van der Waals surface area contributed by atoms with Crippen molar-refractivity contribution in [3.63, 3.8) is 0 Å². The van der Waals surface area contributed by atoms with Crippen molar-refractivity contribution in [3.8, 4) is 5.75 Å². The van der Waals surface area contributed by atoms with Gasteiger partial charge in [0.15, 0.2) is 0 Å². The summed E-state index contributed by atoms with van der Waals surface area (Å²) < 4.78 is 6.00. The van der Waals surface area contributed by atoms with E-state index >= 15 is 0 Å². The van der Waals surface area contributed by atoms with Crippen molar-refractivity contribution in [2.24, 2.45) is 0 Å². The lowest BCUT2D eigenvalue weighted by Gasteiger charge is -2.29. The summed E-state index contributed by atoms with van der Waals surface area (Å²) in [5.41, 5.74) is 4.19. The summed E-state index contributed by atoms with van der Waals surface area (Å²) in [6, 6.07) is 13.2. The number of esters is 1. The van der Waals surface area contributed by atoms with E-state index in [4.69, 9.17) is 4.74 Å². The molecule has 0 bridgehead atoms. The predicted octanol–water partition coefficient (Wildman–Crippen LogP) is 11.1. The molecule has 0 unspecified atom stereocenters. The molecule has 0 spiro atoms. The third kappa shape index (κ3) is 12.4. The summed E-state index contributed by atoms with van der Waals surface area (Å²) in [7, 11) is 0. The molecule has 0 fully saturated rings. The molecule has 8 heteroatoms. The van der Waals surface area contributed by atoms with Gasteiger partial charge in [-0.2, -0.15) is 0 Å². The Morgan fingerprint density at radius 3 is 1.96 bits per heavy atom. The maximum atomic E-state index is 13.3. The number of amides is 3. The van der Waals surface area contributed by atoms with Gasteiger partial charge in [-0.05, 0) is 62.1 Å². The second-order valence-electron chi connectivity index (χ2n) is 16.3. The molecule has 1 aliphatic rings. The first-order chi connectivity index (χ1) is 26.5. The minimum Gasteiger partial charge on any atom is -0.426 e. The van der Waals surface area contributed by atoms with Crippen molar-refractivity contribution in [3.05, 3.63) is 70.3 Å². The molecule has 0 saturated carbocycles. The van der Waals surface area contributed by atoms with Crippen LogP contribution in [-0.2, 0) is 15.0 Å². The SMILES string of the molecule is CCCCCCCCCCCCCCCC(=O)Oc1cc(C)cc(C)c1C(C)(C)CC(=O)NCCNc1ccc2c3c(cccc13)C(=O)N(CCCC)C2=O. The highest BCUT2D eigenvalue weighted by Gasteiger charge is 2.33. The fraction of sp³-hybridized carbons (Fsp3) is 0.574. The molecule has 1 aliphatic heterocycles. The predicted molar refractivity (Wildman–Crippen MR) is 225 cm³/mol. The average Bonchev–Trinajstić information content (AvgIpc) is 3.13. The number of benzene rings is 3. The number of anilines is 1. The standard InChI is InChI=1S/C47H67N3O5/c1-7-9-11-12-13-14-15-16-17-18-19-20-21-25-42(52)55-40-32-34(3)31-35(4)44(40)47(5,6)33-41(51)49-29-28-48-39-27-26-38-43-36(39)23-22-24-37(43)45(53)50(46(38)54)30-10-8-2/h22-24,26-27,31-32,48H,7-21,25,28-30,33H2,1-6H3,(H,49,51). The summed E-state index contributed by atoms with van der Waals surface area (Å²) in [6.45, 7) is 13.6. The van der Waals surface area contributed by atoms with Crippen LogP contribution in [0.2, 0.25) is 0 Å². The lowest BCUT2D eigenvalue weighted by Crippen LogP contribution is -2.40. The van der Waals surface area contributed by atoms with Gasteiger partial charge in [0, 0.05) is 71.0 Å². The normalized spacial score (nSPS) is 12.7. The molecule has 0 atom stereocenters. The molecule has 0 saturated heterocycles. The smallest absolute Gasteiger partial charge is 0.311 e. The van der Waals surface area contributed by atoms with Gasteiger partial charge >= 0.3 is 5.97 Å². The number of ether oxygens (including phenoxy) is 1. The van der Waals surface area contributed by atoms with E-state index in [1.54, 1.807) is 12.1 Å². The number of unbranched alkanes of at least 4 members (excludes halogenated alkanes) is 13. The van der Waals surface area contributed by atoms with E-state index in [2.05, 4.69) is 23.6 Å². The maximum absolute atomic E-state index is 13.3. The van der Waals surface area contributed by atoms with Gasteiger partial charge < -0.3 is 15.4 Å². The molecule has 300 valence electrons. The van der Waals surface area contributed by atoms with Gasteiger partial charge in [0.2, 0.25) is 5.91 Å². The van der Waals surface area contributed by atoms with Crippen LogP contribution in [0.15, 0.2) is 42.5 Å². The Kier molecular flexibility index (Phi) is 17.2. The quantitative estimate of drug-likeness (QED) is 0.0386. The number of hydrogen-bond acceptors (Lipinski definition) is 6. The van der Waals surface area contributed by atoms with Crippen LogP contribution in [-0.4, -0.2) is 48.2 Å². The highest BCUT2D eigenvalue weighted by atomic mass is 16.5. The minimum absolute atomic E-state index is 0.101. The summed E-state index contributed by atoms with van der Waals surface area (Å²) in [5.74, 6) is -0.275. The second kappa shape index (κ2) is 21.8. The van der Waals surface area contributed by atoms with E-state index in [0.29, 0.717) is 48.3 Å². The van der Waals surface area contributed by atoms with E-state index in [9.17, 15) is 19.2 Å². The zero-order valence-corrected chi connectivity index (χ0v) is 34.7. The zero-order chi connectivity index (χ0) is 39.8. The third-order valence-electron chi connectivity index (χ3n) is 10.9. The molecule has 4 rings (SSSR count). The van der Waals surface area contributed by atoms with E-state index in [1.807, 2.05) is 58.9 Å². The minimum atomic E-state index is -0.583. The van der Waals surface area contributed by atoms with Gasteiger partial charge in [-0.3, -0.25) is 24.1 Å². The Labute approximate surface area is 330 Å². The van der Waals surface area contributed by atoms with Crippen LogP contribution in [0.3, 0.4) is 0 Å². The number of nitrogens with zero attached hydrogens (tertiary/aromatic N) is 1. The lowest BCUT2D eigenvalue weighted by molar-refractivity contribution is -0.134. The van der Waals surface area contributed by atoms with Crippen LogP contribution in [0.1, 0.15) is 174 Å². The number of rotatable bonds is 25. The van der Waals surface area contributed by atoms with Crippen molar-refractivity contribution in [2.45, 2.75) is 156 Å². The fourth-order valence-corrected chi connectivity index (χ4v) is 8.11. The van der Waals surface area contributed by atoms with Gasteiger partial charge in [0.1, 0.15) is 5.75 Å². The molecule has 3 aromatic carbocycles. The van der Waals surface area contributed by atoms with Crippen molar-refractivity contribution < 1.29 is 23.9 Å². The summed E-state index contributed by atoms with van der Waals surface area (Å²) >= 11 is 0. The molecule has 55 heavy (non-hydrogen) atoms. The van der Waals surface area contributed by atoms with E-state index in [0.717, 1.165) is 59.9 Å². The number of imide groups is 1. The fourth-order valence-electron chi connectivity index (χ4n) is 8.11. The third-order valence-corrected chi connectivity index (χ3v) is 10.9. The molecule has 0 radical (unpaired) electrons. The Balaban J connectivity index is 1.24. The van der Waals surface area contributed by atoms with Gasteiger partial charge in [-0.15, -0.1) is 0 Å². The number of carbonyl (C=O) groups excluding carboxylic acids is 4. The maximum Gasteiger partial charge on any atom is 0.311 e. The second-order valence-corrected chi connectivity index (χ2v) is 16.3. The number of carbonyl (C=O) groups is 4. The van der Waals surface area contributed by atoms with Gasteiger partial charge in [-0.1, -0.05) is 129 Å². The van der Waals surface area contributed by atoms with Crippen molar-refractivity contribution in [1.82, 2.24) is 10.2 Å². The summed E-state index contributed by atoms with van der Waals surface area (Å²) in [6.07, 6.45) is 18.6. The van der Waals surface area contributed by atoms with Gasteiger partial charge in [-0.25, -0.2) is 0 Å². The molecule has 3 aromatic rings. The first-order valence-corrected chi connectivity index (χ1v) is 21.2. The lowest BCUT2D eigenvalue weighted by atomic mass is 9.78. The highest BCUT2D eigenvalue weighted by molar-refractivity contribution is 6.26. The first kappa shape index (κ1) is 43.5. The van der Waals surface area contributed by atoms with Crippen LogP contribution in [0.5, 0.6) is 5.75 Å². The number of nitrogens with one attached hydrogen (secondary N) is 2. The molecule has 1 heterocycles. The summed E-state index contributed by atoms with van der Waals surface area (Å²) in [4.78, 5) is 54.1. The van der Waals surface area contributed by atoms with Crippen molar-refractivity contribution in [2.75, 3.05) is 25.0 Å². The monoisotopic (exact) mass is 754 g/mol. The van der Waals surface area contributed by atoms with Crippen LogP contribution < -0.4 is 15.4 Å². The van der Waals surface area contributed by atoms with Gasteiger partial charge in [0.05, 0.1) is 0 Å². The molecule has 8 nitrogen and oxygen atoms in total. The Hall–Kier alpha value is -4.20. The molecule has 3 amide bonds. The van der Waals surface area contributed by atoms with E-state index < -0.39 is 5.41 Å². The molecule has 0 aromatic heterocycles. The van der Waals surface area contributed by atoms with Gasteiger partial charge in [0.25, 0.3) is 11.8 Å².